The second-order valence-electron chi connectivity index (χ2n) is 4.27. The van der Waals surface area contributed by atoms with Gasteiger partial charge in [0.25, 0.3) is 5.91 Å². The molecule has 4 nitrogen and oxygen atoms in total. The lowest BCUT2D eigenvalue weighted by molar-refractivity contribution is -0.144. The summed E-state index contributed by atoms with van der Waals surface area (Å²) in [5.74, 6) is -1.09. The molecule has 0 bridgehead atoms. The lowest BCUT2D eigenvalue weighted by Crippen LogP contribution is -2.46. The molecule has 1 heterocycles. The number of amides is 1. The second kappa shape index (κ2) is 4.74. The minimum Gasteiger partial charge on any atom is -0.373 e. The van der Waals surface area contributed by atoms with Crippen molar-refractivity contribution in [3.63, 3.8) is 0 Å². The van der Waals surface area contributed by atoms with E-state index in [0.717, 1.165) is 0 Å². The zero-order chi connectivity index (χ0) is 13.2. The summed E-state index contributed by atoms with van der Waals surface area (Å²) in [6, 6.07) is 9.04. The molecule has 1 fully saturated rings. The maximum Gasteiger partial charge on any atom is 0.267 e. The number of hydrogen-bond donors (Lipinski definition) is 1. The molecule has 4 heteroatoms. The van der Waals surface area contributed by atoms with Gasteiger partial charge in [0.2, 0.25) is 5.60 Å². The number of ketones is 1. The van der Waals surface area contributed by atoms with Gasteiger partial charge >= 0.3 is 0 Å². The summed E-state index contributed by atoms with van der Waals surface area (Å²) in [6.07, 6.45) is 2.90. The van der Waals surface area contributed by atoms with Gasteiger partial charge in [0.1, 0.15) is 0 Å². The van der Waals surface area contributed by atoms with E-state index < -0.39 is 17.3 Å². The van der Waals surface area contributed by atoms with Gasteiger partial charge in [-0.1, -0.05) is 24.3 Å². The van der Waals surface area contributed by atoms with Crippen LogP contribution in [0.3, 0.4) is 0 Å². The van der Waals surface area contributed by atoms with E-state index in [1.165, 1.54) is 17.1 Å². The quantitative estimate of drug-likeness (QED) is 0.645. The number of carbonyl (C=O) groups is 2. The lowest BCUT2D eigenvalue weighted by atomic mass is 9.96. The Balaban J connectivity index is 2.27. The van der Waals surface area contributed by atoms with Gasteiger partial charge in [0, 0.05) is 18.7 Å². The predicted octanol–water partition coefficient (Wildman–Crippen LogP) is 1.30. The average molecular weight is 245 g/mol. The molecular formula is C14H15NO3. The molecule has 94 valence electrons. The van der Waals surface area contributed by atoms with Crippen molar-refractivity contribution in [2.45, 2.75) is 18.9 Å². The summed E-state index contributed by atoms with van der Waals surface area (Å²) in [7, 11) is 0. The molecule has 2 rings (SSSR count). The first-order valence-corrected chi connectivity index (χ1v) is 5.86. The topological polar surface area (TPSA) is 57.6 Å². The molecule has 0 spiro atoms. The first kappa shape index (κ1) is 12.5. The predicted molar refractivity (Wildman–Crippen MR) is 68.2 cm³/mol. The van der Waals surface area contributed by atoms with Crippen LogP contribution >= 0.6 is 0 Å². The van der Waals surface area contributed by atoms with Crippen LogP contribution in [0, 0.1) is 0 Å². The van der Waals surface area contributed by atoms with Crippen LogP contribution in [0.4, 0.5) is 5.69 Å². The van der Waals surface area contributed by atoms with Crippen LogP contribution < -0.4 is 4.90 Å². The smallest absolute Gasteiger partial charge is 0.267 e. The summed E-state index contributed by atoms with van der Waals surface area (Å²) in [6.45, 7) is 2.03. The van der Waals surface area contributed by atoms with Crippen molar-refractivity contribution in [3.8, 4) is 0 Å². The molecule has 1 N–H and O–H groups in total. The Labute approximate surface area is 106 Å². The third kappa shape index (κ3) is 1.95. The number of aliphatic hydroxyl groups is 1. The van der Waals surface area contributed by atoms with Crippen molar-refractivity contribution < 1.29 is 14.7 Å². The lowest BCUT2D eigenvalue weighted by Gasteiger charge is -2.20. The molecule has 1 amide bonds. The van der Waals surface area contributed by atoms with Crippen molar-refractivity contribution >= 4 is 17.4 Å². The van der Waals surface area contributed by atoms with E-state index in [2.05, 4.69) is 0 Å². The summed E-state index contributed by atoms with van der Waals surface area (Å²) in [5.41, 5.74) is -1.20. The number of rotatable bonds is 3. The van der Waals surface area contributed by atoms with Crippen molar-refractivity contribution in [1.29, 1.82) is 0 Å². The fraction of sp³-hybridized carbons (Fsp3) is 0.286. The summed E-state index contributed by atoms with van der Waals surface area (Å²) < 4.78 is 0. The number of nitrogens with zero attached hydrogens (tertiary/aromatic N) is 1. The number of carbonyl (C=O) groups excluding carboxylic acids is 2. The number of allylic oxidation sites excluding steroid dienone is 1. The molecular weight excluding hydrogens is 230 g/mol. The summed E-state index contributed by atoms with van der Waals surface area (Å²) in [4.78, 5) is 25.4. The van der Waals surface area contributed by atoms with Crippen molar-refractivity contribution in [2.24, 2.45) is 0 Å². The van der Waals surface area contributed by atoms with E-state index >= 15 is 0 Å². The third-order valence-corrected chi connectivity index (χ3v) is 3.09. The van der Waals surface area contributed by atoms with Crippen molar-refractivity contribution in [1.82, 2.24) is 0 Å². The maximum absolute atomic E-state index is 12.2. The van der Waals surface area contributed by atoms with Gasteiger partial charge in [-0.3, -0.25) is 9.59 Å². The molecule has 1 aliphatic rings. The van der Waals surface area contributed by atoms with E-state index in [0.29, 0.717) is 12.2 Å². The fourth-order valence-electron chi connectivity index (χ4n) is 2.08. The highest BCUT2D eigenvalue weighted by Crippen LogP contribution is 2.29. The van der Waals surface area contributed by atoms with Crippen molar-refractivity contribution in [3.05, 3.63) is 42.5 Å². The summed E-state index contributed by atoms with van der Waals surface area (Å²) in [5, 5.41) is 10.2. The molecule has 1 atom stereocenters. The summed E-state index contributed by atoms with van der Waals surface area (Å²) >= 11 is 0. The average Bonchev–Trinajstić information content (AvgIpc) is 2.69. The highest BCUT2D eigenvalue weighted by molar-refractivity contribution is 6.20. The van der Waals surface area contributed by atoms with Crippen LogP contribution in [0.1, 0.15) is 13.3 Å². The van der Waals surface area contributed by atoms with E-state index in [1.54, 1.807) is 19.1 Å². The van der Waals surface area contributed by atoms with Crippen LogP contribution in [-0.4, -0.2) is 28.9 Å². The van der Waals surface area contributed by atoms with Crippen LogP contribution in [-0.2, 0) is 9.59 Å². The number of anilines is 1. The Morgan fingerprint density at radius 1 is 1.39 bits per heavy atom. The van der Waals surface area contributed by atoms with Gasteiger partial charge in [-0.05, 0) is 25.1 Å². The van der Waals surface area contributed by atoms with Gasteiger partial charge in [-0.25, -0.2) is 0 Å². The van der Waals surface area contributed by atoms with E-state index in [9.17, 15) is 14.7 Å². The molecule has 18 heavy (non-hydrogen) atoms. The SMILES string of the molecule is CC=CC(=O)C1(O)CCN(c2ccccc2)C1=O. The Kier molecular flexibility index (Phi) is 3.30. The van der Waals surface area contributed by atoms with Gasteiger partial charge in [-0.2, -0.15) is 0 Å². The molecule has 1 unspecified atom stereocenters. The van der Waals surface area contributed by atoms with Gasteiger partial charge in [-0.15, -0.1) is 0 Å². The van der Waals surface area contributed by atoms with E-state index in [1.807, 2.05) is 18.2 Å². The molecule has 1 aliphatic heterocycles. The van der Waals surface area contributed by atoms with Gasteiger partial charge in [0.15, 0.2) is 5.78 Å². The molecule has 0 aliphatic carbocycles. The highest BCUT2D eigenvalue weighted by Gasteiger charge is 2.50. The molecule has 0 radical (unpaired) electrons. The maximum atomic E-state index is 12.2. The zero-order valence-corrected chi connectivity index (χ0v) is 10.2. The van der Waals surface area contributed by atoms with E-state index in [4.69, 9.17) is 0 Å². The molecule has 0 saturated carbocycles. The van der Waals surface area contributed by atoms with Crippen LogP contribution in [0.25, 0.3) is 0 Å². The number of para-hydroxylation sites is 1. The molecule has 1 aromatic carbocycles. The fourth-order valence-corrected chi connectivity index (χ4v) is 2.08. The van der Waals surface area contributed by atoms with Crippen LogP contribution in [0.2, 0.25) is 0 Å². The zero-order valence-electron chi connectivity index (χ0n) is 10.2. The van der Waals surface area contributed by atoms with E-state index in [-0.39, 0.29) is 6.42 Å². The highest BCUT2D eigenvalue weighted by atomic mass is 16.3. The number of hydrogen-bond acceptors (Lipinski definition) is 3. The first-order chi connectivity index (χ1) is 8.59. The molecule has 1 aromatic rings. The monoisotopic (exact) mass is 245 g/mol. The van der Waals surface area contributed by atoms with Crippen LogP contribution in [0.15, 0.2) is 42.5 Å². The molecule has 0 aromatic heterocycles. The second-order valence-corrected chi connectivity index (χ2v) is 4.27. The van der Waals surface area contributed by atoms with Gasteiger partial charge in [0.05, 0.1) is 0 Å². The molecule has 1 saturated heterocycles. The Morgan fingerprint density at radius 2 is 2.06 bits per heavy atom. The van der Waals surface area contributed by atoms with Crippen molar-refractivity contribution in [2.75, 3.05) is 11.4 Å². The van der Waals surface area contributed by atoms with Crippen LogP contribution in [0.5, 0.6) is 0 Å². The largest absolute Gasteiger partial charge is 0.373 e. The first-order valence-electron chi connectivity index (χ1n) is 5.86. The minimum atomic E-state index is -1.90. The van der Waals surface area contributed by atoms with Gasteiger partial charge < -0.3 is 10.0 Å². The Bertz CT molecular complexity index is 495. The Hall–Kier alpha value is -1.94. The minimum absolute atomic E-state index is 0.129. The third-order valence-electron chi connectivity index (χ3n) is 3.09. The number of benzene rings is 1. The standard InChI is InChI=1S/C14H15NO3/c1-2-6-12(16)14(18)9-10-15(13(14)17)11-7-4-3-5-8-11/h2-8,18H,9-10H2,1H3. The Morgan fingerprint density at radius 3 is 2.67 bits per heavy atom. The normalized spacial score (nSPS) is 23.9.